The Morgan fingerprint density at radius 2 is 2.23 bits per heavy atom. The number of nitrogens with zero attached hydrogens (tertiary/aromatic N) is 2. The number of hydrogen-bond acceptors (Lipinski definition) is 5. The first kappa shape index (κ1) is 16.3. The van der Waals surface area contributed by atoms with E-state index in [1.165, 1.54) is 11.3 Å². The molecule has 2 aromatic heterocycles. The number of thiazole rings is 1. The molecule has 1 aromatic carbocycles. The number of urea groups is 1. The Bertz CT molecular complexity index is 1010. The Balaban J connectivity index is 1.50. The molecule has 0 spiro atoms. The molecule has 0 bridgehead atoms. The second kappa shape index (κ2) is 5.95. The van der Waals surface area contributed by atoms with Gasteiger partial charge in [-0.3, -0.25) is 19.3 Å². The fraction of sp³-hybridized carbons (Fsp3) is 0.176. The summed E-state index contributed by atoms with van der Waals surface area (Å²) in [6, 6.07) is 6.32. The number of benzene rings is 1. The summed E-state index contributed by atoms with van der Waals surface area (Å²) in [4.78, 5) is 41.0. The molecule has 3 heterocycles. The van der Waals surface area contributed by atoms with Crippen LogP contribution in [0.1, 0.15) is 18.2 Å². The third-order valence-corrected chi connectivity index (χ3v) is 5.02. The van der Waals surface area contributed by atoms with E-state index in [1.54, 1.807) is 31.2 Å². The maximum Gasteiger partial charge on any atom is 0.322 e. The topological polar surface area (TPSA) is 105 Å². The summed E-state index contributed by atoms with van der Waals surface area (Å²) in [5.41, 5.74) is 0.649. The van der Waals surface area contributed by atoms with Crippen LogP contribution in [0.3, 0.4) is 0 Å². The van der Waals surface area contributed by atoms with E-state index in [0.29, 0.717) is 16.9 Å². The number of aromatic nitrogens is 2. The standard InChI is InChI=1S/C17H15N5O3S/c1-17(14(24)20-15(25)21-17)10-3-2-4-11(7-10)18-13(23)8-12-9-22-5-6-26-16(22)19-12/h2-7,9H,8H2,1H3,(H,18,23)(H2,20,21,24,25). The maximum absolute atomic E-state index is 12.3. The smallest absolute Gasteiger partial charge is 0.322 e. The zero-order chi connectivity index (χ0) is 18.3. The molecular formula is C17H15N5O3S. The zero-order valence-electron chi connectivity index (χ0n) is 13.8. The molecule has 3 aromatic rings. The Hall–Kier alpha value is -3.20. The van der Waals surface area contributed by atoms with Crippen molar-refractivity contribution < 1.29 is 14.4 Å². The number of rotatable bonds is 4. The zero-order valence-corrected chi connectivity index (χ0v) is 14.6. The maximum atomic E-state index is 12.3. The van der Waals surface area contributed by atoms with E-state index in [1.807, 2.05) is 22.2 Å². The highest BCUT2D eigenvalue weighted by Crippen LogP contribution is 2.26. The first-order valence-electron chi connectivity index (χ1n) is 7.89. The predicted octanol–water partition coefficient (Wildman–Crippen LogP) is 1.63. The number of amides is 4. The van der Waals surface area contributed by atoms with Gasteiger partial charge in [-0.1, -0.05) is 12.1 Å². The molecule has 8 nitrogen and oxygen atoms in total. The van der Waals surface area contributed by atoms with Crippen molar-refractivity contribution in [1.82, 2.24) is 20.0 Å². The van der Waals surface area contributed by atoms with Gasteiger partial charge in [-0.15, -0.1) is 11.3 Å². The van der Waals surface area contributed by atoms with Crippen molar-refractivity contribution >= 4 is 39.8 Å². The normalized spacial score (nSPS) is 19.4. The van der Waals surface area contributed by atoms with Crippen molar-refractivity contribution in [3.8, 4) is 0 Å². The fourth-order valence-corrected chi connectivity index (χ4v) is 3.60. The number of carbonyl (C=O) groups is 3. The lowest BCUT2D eigenvalue weighted by atomic mass is 9.92. The second-order valence-electron chi connectivity index (χ2n) is 6.16. The molecule has 3 N–H and O–H groups in total. The van der Waals surface area contributed by atoms with Gasteiger partial charge < -0.3 is 10.6 Å². The third kappa shape index (κ3) is 2.82. The Morgan fingerprint density at radius 3 is 2.96 bits per heavy atom. The van der Waals surface area contributed by atoms with E-state index in [9.17, 15) is 14.4 Å². The number of anilines is 1. The monoisotopic (exact) mass is 369 g/mol. The summed E-state index contributed by atoms with van der Waals surface area (Å²) in [5.74, 6) is -0.637. The molecule has 1 unspecified atom stereocenters. The summed E-state index contributed by atoms with van der Waals surface area (Å²) in [6.45, 7) is 1.62. The van der Waals surface area contributed by atoms with Gasteiger partial charge in [-0.2, -0.15) is 0 Å². The number of hydrogen-bond donors (Lipinski definition) is 3. The van der Waals surface area contributed by atoms with Crippen LogP contribution in [0.15, 0.2) is 42.0 Å². The van der Waals surface area contributed by atoms with Gasteiger partial charge in [0.25, 0.3) is 5.91 Å². The van der Waals surface area contributed by atoms with E-state index in [4.69, 9.17) is 0 Å². The van der Waals surface area contributed by atoms with Gasteiger partial charge in [0.1, 0.15) is 5.54 Å². The van der Waals surface area contributed by atoms with Gasteiger partial charge in [-0.05, 0) is 24.6 Å². The van der Waals surface area contributed by atoms with Crippen LogP contribution in [0.4, 0.5) is 10.5 Å². The Kier molecular flexibility index (Phi) is 3.73. The number of imidazole rings is 1. The molecule has 1 aliphatic heterocycles. The Morgan fingerprint density at radius 1 is 1.38 bits per heavy atom. The van der Waals surface area contributed by atoms with Crippen molar-refractivity contribution in [3.63, 3.8) is 0 Å². The minimum absolute atomic E-state index is 0.146. The summed E-state index contributed by atoms with van der Waals surface area (Å²) < 4.78 is 1.87. The average Bonchev–Trinajstić information content (AvgIpc) is 3.22. The first-order chi connectivity index (χ1) is 12.4. The van der Waals surface area contributed by atoms with Crippen molar-refractivity contribution in [1.29, 1.82) is 0 Å². The molecule has 1 saturated heterocycles. The quantitative estimate of drug-likeness (QED) is 0.608. The fourth-order valence-electron chi connectivity index (χ4n) is 2.89. The molecule has 26 heavy (non-hydrogen) atoms. The van der Waals surface area contributed by atoms with E-state index in [2.05, 4.69) is 20.9 Å². The summed E-state index contributed by atoms with van der Waals surface area (Å²) in [6.07, 6.45) is 3.86. The molecule has 4 amide bonds. The number of fused-ring (bicyclic) bond motifs is 1. The Labute approximate surface area is 152 Å². The highest BCUT2D eigenvalue weighted by Gasteiger charge is 2.43. The van der Waals surface area contributed by atoms with Crippen LogP contribution in [0, 0.1) is 0 Å². The number of nitrogens with one attached hydrogen (secondary N) is 3. The van der Waals surface area contributed by atoms with Crippen molar-refractivity contribution in [2.75, 3.05) is 5.32 Å². The second-order valence-corrected chi connectivity index (χ2v) is 7.04. The SMILES string of the molecule is CC1(c2cccc(NC(=O)Cc3cn4ccsc4n3)c2)NC(=O)NC1=O. The van der Waals surface area contributed by atoms with Crippen molar-refractivity contribution in [3.05, 3.63) is 53.3 Å². The lowest BCUT2D eigenvalue weighted by Gasteiger charge is -2.21. The van der Waals surface area contributed by atoms with E-state index in [-0.39, 0.29) is 12.3 Å². The van der Waals surface area contributed by atoms with E-state index in [0.717, 1.165) is 4.96 Å². The molecule has 1 aliphatic rings. The minimum atomic E-state index is -1.16. The van der Waals surface area contributed by atoms with Crippen LogP contribution in [0.25, 0.3) is 4.96 Å². The van der Waals surface area contributed by atoms with Crippen molar-refractivity contribution in [2.24, 2.45) is 0 Å². The third-order valence-electron chi connectivity index (χ3n) is 4.25. The first-order valence-corrected chi connectivity index (χ1v) is 8.77. The lowest BCUT2D eigenvalue weighted by Crippen LogP contribution is -2.40. The largest absolute Gasteiger partial charge is 0.326 e. The molecule has 1 fully saturated rings. The van der Waals surface area contributed by atoms with Gasteiger partial charge in [0.2, 0.25) is 5.91 Å². The molecule has 1 atom stereocenters. The molecule has 132 valence electrons. The van der Waals surface area contributed by atoms with Crippen LogP contribution >= 0.6 is 11.3 Å². The molecule has 4 rings (SSSR count). The van der Waals surface area contributed by atoms with Crippen LogP contribution in [-0.4, -0.2) is 27.2 Å². The van der Waals surface area contributed by atoms with Crippen LogP contribution < -0.4 is 16.0 Å². The number of carbonyl (C=O) groups excluding carboxylic acids is 3. The van der Waals surface area contributed by atoms with Crippen LogP contribution in [-0.2, 0) is 21.5 Å². The summed E-state index contributed by atoms with van der Waals surface area (Å²) >= 11 is 1.50. The predicted molar refractivity (Wildman–Crippen MR) is 95.9 cm³/mol. The highest BCUT2D eigenvalue weighted by atomic mass is 32.1. The van der Waals surface area contributed by atoms with Gasteiger partial charge >= 0.3 is 6.03 Å². The minimum Gasteiger partial charge on any atom is -0.326 e. The summed E-state index contributed by atoms with van der Waals surface area (Å²) in [5, 5.41) is 9.56. The van der Waals surface area contributed by atoms with Crippen LogP contribution in [0.5, 0.6) is 0 Å². The van der Waals surface area contributed by atoms with Gasteiger partial charge in [0.05, 0.1) is 12.1 Å². The van der Waals surface area contributed by atoms with E-state index >= 15 is 0 Å². The number of imide groups is 1. The highest BCUT2D eigenvalue weighted by molar-refractivity contribution is 7.15. The average molecular weight is 369 g/mol. The van der Waals surface area contributed by atoms with Gasteiger partial charge in [-0.25, -0.2) is 9.78 Å². The molecule has 0 radical (unpaired) electrons. The summed E-state index contributed by atoms with van der Waals surface area (Å²) in [7, 11) is 0. The van der Waals surface area contributed by atoms with Crippen LogP contribution in [0.2, 0.25) is 0 Å². The van der Waals surface area contributed by atoms with Crippen molar-refractivity contribution in [2.45, 2.75) is 18.9 Å². The molecule has 9 heteroatoms. The van der Waals surface area contributed by atoms with E-state index < -0.39 is 17.5 Å². The van der Waals surface area contributed by atoms with Gasteiger partial charge in [0, 0.05) is 23.5 Å². The molecule has 0 aliphatic carbocycles. The molecule has 0 saturated carbocycles. The van der Waals surface area contributed by atoms with Gasteiger partial charge in [0.15, 0.2) is 4.96 Å². The molecular weight excluding hydrogens is 354 g/mol. The lowest BCUT2D eigenvalue weighted by molar-refractivity contribution is -0.123.